The Labute approximate surface area is 169 Å². The van der Waals surface area contributed by atoms with E-state index in [9.17, 15) is 9.59 Å². The standard InChI is InChI=1S/C21H24ClNO5/c1-12-6-7-18(26-4)15(8-12)10-20(24)28-14(3)21(25)23-17-9-13(2)16(22)11-19(17)27-5/h6-9,11,14H,10H2,1-5H3,(H,23,25)/t14-/m0/s1. The van der Waals surface area contributed by atoms with Gasteiger partial charge in [-0.15, -0.1) is 0 Å². The molecule has 0 aliphatic carbocycles. The third-order valence-electron chi connectivity index (χ3n) is 4.19. The van der Waals surface area contributed by atoms with Crippen molar-refractivity contribution in [3.63, 3.8) is 0 Å². The maximum Gasteiger partial charge on any atom is 0.311 e. The van der Waals surface area contributed by atoms with Gasteiger partial charge in [0.1, 0.15) is 11.5 Å². The Morgan fingerprint density at radius 2 is 1.75 bits per heavy atom. The average molecular weight is 406 g/mol. The molecule has 1 N–H and O–H groups in total. The summed E-state index contributed by atoms with van der Waals surface area (Å²) in [6.45, 7) is 5.25. The van der Waals surface area contributed by atoms with Crippen LogP contribution in [0.15, 0.2) is 30.3 Å². The summed E-state index contributed by atoms with van der Waals surface area (Å²) in [5.41, 5.74) is 2.95. The zero-order valence-corrected chi connectivity index (χ0v) is 17.3. The van der Waals surface area contributed by atoms with Crippen molar-refractivity contribution in [1.82, 2.24) is 0 Å². The number of nitrogens with one attached hydrogen (secondary N) is 1. The molecule has 0 unspecified atom stereocenters. The highest BCUT2D eigenvalue weighted by atomic mass is 35.5. The van der Waals surface area contributed by atoms with Crippen molar-refractivity contribution in [2.75, 3.05) is 19.5 Å². The van der Waals surface area contributed by atoms with E-state index in [2.05, 4.69) is 5.32 Å². The quantitative estimate of drug-likeness (QED) is 0.702. The zero-order valence-electron chi connectivity index (χ0n) is 16.6. The summed E-state index contributed by atoms with van der Waals surface area (Å²) in [5, 5.41) is 3.23. The molecule has 6 nitrogen and oxygen atoms in total. The molecule has 1 atom stereocenters. The van der Waals surface area contributed by atoms with Crippen LogP contribution >= 0.6 is 11.6 Å². The SMILES string of the molecule is COc1ccc(C)cc1CC(=O)O[C@@H](C)C(=O)Nc1cc(C)c(Cl)cc1OC. The lowest BCUT2D eigenvalue weighted by Crippen LogP contribution is -2.30. The maximum atomic E-state index is 12.4. The monoisotopic (exact) mass is 405 g/mol. The van der Waals surface area contributed by atoms with Crippen LogP contribution in [0.4, 0.5) is 5.69 Å². The van der Waals surface area contributed by atoms with Crippen LogP contribution < -0.4 is 14.8 Å². The molecule has 0 bridgehead atoms. The number of hydrogen-bond acceptors (Lipinski definition) is 5. The van der Waals surface area contributed by atoms with Gasteiger partial charge in [0, 0.05) is 16.7 Å². The molecule has 150 valence electrons. The molecule has 2 rings (SSSR count). The Hall–Kier alpha value is -2.73. The molecule has 0 spiro atoms. The molecule has 0 aliphatic rings. The number of carbonyl (C=O) groups excluding carboxylic acids is 2. The lowest BCUT2D eigenvalue weighted by molar-refractivity contribution is -0.152. The number of carbonyl (C=O) groups is 2. The lowest BCUT2D eigenvalue weighted by atomic mass is 10.1. The first-order valence-electron chi connectivity index (χ1n) is 8.73. The summed E-state index contributed by atoms with van der Waals surface area (Å²) >= 11 is 6.07. The molecule has 28 heavy (non-hydrogen) atoms. The summed E-state index contributed by atoms with van der Waals surface area (Å²) in [7, 11) is 3.02. The molecule has 0 heterocycles. The highest BCUT2D eigenvalue weighted by Gasteiger charge is 2.21. The van der Waals surface area contributed by atoms with E-state index in [1.807, 2.05) is 26.0 Å². The number of methoxy groups -OCH3 is 2. The number of anilines is 1. The van der Waals surface area contributed by atoms with Crippen LogP contribution in [0.25, 0.3) is 0 Å². The Morgan fingerprint density at radius 3 is 2.39 bits per heavy atom. The number of halogens is 1. The molecule has 2 aromatic carbocycles. The van der Waals surface area contributed by atoms with Gasteiger partial charge in [0.25, 0.3) is 5.91 Å². The van der Waals surface area contributed by atoms with Crippen molar-refractivity contribution in [3.8, 4) is 11.5 Å². The number of benzene rings is 2. The predicted octanol–water partition coefficient (Wildman–Crippen LogP) is 4.09. The van der Waals surface area contributed by atoms with E-state index in [0.717, 1.165) is 11.1 Å². The molecule has 0 saturated heterocycles. The molecule has 7 heteroatoms. The first-order chi connectivity index (χ1) is 13.2. The molecule has 0 fully saturated rings. The Morgan fingerprint density at radius 1 is 1.07 bits per heavy atom. The normalized spacial score (nSPS) is 11.5. The molecule has 0 aromatic heterocycles. The lowest BCUT2D eigenvalue weighted by Gasteiger charge is -2.16. The molecule has 0 radical (unpaired) electrons. The molecular weight excluding hydrogens is 382 g/mol. The van der Waals surface area contributed by atoms with Crippen LogP contribution in [-0.4, -0.2) is 32.2 Å². The fourth-order valence-corrected chi connectivity index (χ4v) is 2.81. The predicted molar refractivity (Wildman–Crippen MR) is 108 cm³/mol. The van der Waals surface area contributed by atoms with Crippen LogP contribution in [-0.2, 0) is 20.7 Å². The number of amides is 1. The van der Waals surface area contributed by atoms with E-state index < -0.39 is 18.0 Å². The smallest absolute Gasteiger partial charge is 0.311 e. The summed E-state index contributed by atoms with van der Waals surface area (Å²) in [5.74, 6) is 0.0309. The number of rotatable bonds is 7. The topological polar surface area (TPSA) is 73.9 Å². The van der Waals surface area contributed by atoms with Gasteiger partial charge in [0.15, 0.2) is 6.10 Å². The van der Waals surface area contributed by atoms with Crippen molar-refractivity contribution < 1.29 is 23.8 Å². The first-order valence-corrected chi connectivity index (χ1v) is 9.11. The fourth-order valence-electron chi connectivity index (χ4n) is 2.66. The summed E-state index contributed by atoms with van der Waals surface area (Å²) < 4.78 is 15.8. The largest absolute Gasteiger partial charge is 0.496 e. The molecular formula is C21H24ClNO5. The number of hydrogen-bond donors (Lipinski definition) is 1. The first kappa shape index (κ1) is 21.6. The van der Waals surface area contributed by atoms with Crippen molar-refractivity contribution in [2.24, 2.45) is 0 Å². The summed E-state index contributed by atoms with van der Waals surface area (Å²) in [4.78, 5) is 24.7. The highest BCUT2D eigenvalue weighted by Crippen LogP contribution is 2.31. The molecule has 0 saturated carbocycles. The van der Waals surface area contributed by atoms with Crippen LogP contribution in [0.1, 0.15) is 23.6 Å². The summed E-state index contributed by atoms with van der Waals surface area (Å²) in [6.07, 6.45) is -0.977. The van der Waals surface area contributed by atoms with Crippen LogP contribution in [0.5, 0.6) is 11.5 Å². The molecule has 1 amide bonds. The minimum Gasteiger partial charge on any atom is -0.496 e. The third kappa shape index (κ3) is 5.39. The van der Waals surface area contributed by atoms with Gasteiger partial charge < -0.3 is 19.5 Å². The van der Waals surface area contributed by atoms with Crippen molar-refractivity contribution in [3.05, 3.63) is 52.0 Å². The van der Waals surface area contributed by atoms with Gasteiger partial charge in [-0.1, -0.05) is 29.3 Å². The van der Waals surface area contributed by atoms with Crippen LogP contribution in [0.3, 0.4) is 0 Å². The highest BCUT2D eigenvalue weighted by molar-refractivity contribution is 6.31. The van der Waals surface area contributed by atoms with Crippen molar-refractivity contribution in [1.29, 1.82) is 0 Å². The molecule has 0 aliphatic heterocycles. The second-order valence-electron chi connectivity index (χ2n) is 6.42. The van der Waals surface area contributed by atoms with E-state index in [1.54, 1.807) is 18.2 Å². The molecule has 2 aromatic rings. The van der Waals surface area contributed by atoms with E-state index >= 15 is 0 Å². The average Bonchev–Trinajstić information content (AvgIpc) is 2.64. The number of aryl methyl sites for hydroxylation is 2. The van der Waals surface area contributed by atoms with E-state index in [0.29, 0.717) is 27.8 Å². The Balaban J connectivity index is 2.04. The maximum absolute atomic E-state index is 12.4. The second-order valence-corrected chi connectivity index (χ2v) is 6.82. The van der Waals surface area contributed by atoms with Gasteiger partial charge >= 0.3 is 5.97 Å². The summed E-state index contributed by atoms with van der Waals surface area (Å²) in [6, 6.07) is 8.86. The Kier molecular flexibility index (Phi) is 7.29. The van der Waals surface area contributed by atoms with Crippen molar-refractivity contribution >= 4 is 29.2 Å². The number of ether oxygens (including phenoxy) is 3. The van der Waals surface area contributed by atoms with Gasteiger partial charge in [-0.2, -0.15) is 0 Å². The van der Waals surface area contributed by atoms with Crippen molar-refractivity contribution in [2.45, 2.75) is 33.3 Å². The van der Waals surface area contributed by atoms with E-state index in [-0.39, 0.29) is 6.42 Å². The second kappa shape index (κ2) is 9.46. The van der Waals surface area contributed by atoms with Gasteiger partial charge in [0.2, 0.25) is 0 Å². The fraction of sp³-hybridized carbons (Fsp3) is 0.333. The van der Waals surface area contributed by atoms with Crippen LogP contribution in [0, 0.1) is 13.8 Å². The van der Waals surface area contributed by atoms with E-state index in [1.165, 1.54) is 21.1 Å². The third-order valence-corrected chi connectivity index (χ3v) is 4.59. The minimum atomic E-state index is -0.982. The van der Waals surface area contributed by atoms with E-state index in [4.69, 9.17) is 25.8 Å². The van der Waals surface area contributed by atoms with Gasteiger partial charge in [0.05, 0.1) is 26.3 Å². The number of esters is 1. The Bertz CT molecular complexity index is 881. The van der Waals surface area contributed by atoms with Gasteiger partial charge in [-0.05, 0) is 38.5 Å². The van der Waals surface area contributed by atoms with Gasteiger partial charge in [-0.3, -0.25) is 9.59 Å². The minimum absolute atomic E-state index is 0.00580. The zero-order chi connectivity index (χ0) is 20.8. The van der Waals surface area contributed by atoms with Gasteiger partial charge in [-0.25, -0.2) is 0 Å². The van der Waals surface area contributed by atoms with Crippen LogP contribution in [0.2, 0.25) is 5.02 Å².